The first kappa shape index (κ1) is 26.7. The molecule has 2 aromatic rings. The minimum Gasteiger partial charge on any atom is -0.455 e. The third-order valence-electron chi connectivity index (χ3n) is 5.48. The molecule has 11 heteroatoms. The van der Waals surface area contributed by atoms with Crippen molar-refractivity contribution in [3.05, 3.63) is 70.2 Å². The number of esters is 1. The first-order chi connectivity index (χ1) is 16.9. The van der Waals surface area contributed by atoms with Gasteiger partial charge in [0.2, 0.25) is 5.91 Å². The molecule has 1 aliphatic heterocycles. The summed E-state index contributed by atoms with van der Waals surface area (Å²) >= 11 is 5.76. The molecular weight excluding hydrogens is 488 g/mol. The van der Waals surface area contributed by atoms with Crippen LogP contribution in [0.1, 0.15) is 53.5 Å². The molecule has 1 fully saturated rings. The number of hydrogen-bond acceptors (Lipinski definition) is 6. The topological polar surface area (TPSA) is 134 Å². The molecule has 0 bridgehead atoms. The number of nitrogens with one attached hydrogen (secondary N) is 3. The van der Waals surface area contributed by atoms with Gasteiger partial charge >= 0.3 is 5.97 Å². The first-order valence-corrected chi connectivity index (χ1v) is 11.5. The SMILES string of the molecule is CC(C)(C)c1ccc(C(=O)NN2C[C@H](C(=O)OCC(=O)NNC(=O)c3ccc(Cl)cc3)CC2=O)cc1. The molecule has 0 aromatic heterocycles. The van der Waals surface area contributed by atoms with Crippen molar-refractivity contribution in [3.63, 3.8) is 0 Å². The van der Waals surface area contributed by atoms with Crippen LogP contribution in [-0.4, -0.2) is 47.8 Å². The Labute approximate surface area is 213 Å². The summed E-state index contributed by atoms with van der Waals surface area (Å²) < 4.78 is 4.96. The first-order valence-electron chi connectivity index (χ1n) is 11.2. The largest absolute Gasteiger partial charge is 0.455 e. The molecule has 1 saturated heterocycles. The van der Waals surface area contributed by atoms with Gasteiger partial charge in [-0.3, -0.25) is 45.3 Å². The quantitative estimate of drug-likeness (QED) is 0.399. The number of halogens is 1. The molecule has 0 unspecified atom stereocenters. The van der Waals surface area contributed by atoms with Gasteiger partial charge in [-0.25, -0.2) is 0 Å². The molecule has 10 nitrogen and oxygen atoms in total. The zero-order valence-electron chi connectivity index (χ0n) is 20.1. The lowest BCUT2D eigenvalue weighted by Crippen LogP contribution is -2.44. The van der Waals surface area contributed by atoms with Crippen LogP contribution in [-0.2, 0) is 24.5 Å². The molecular formula is C25H27ClN4O6. The van der Waals surface area contributed by atoms with Gasteiger partial charge in [0, 0.05) is 22.6 Å². The van der Waals surface area contributed by atoms with Gasteiger partial charge in [-0.2, -0.15) is 0 Å². The van der Waals surface area contributed by atoms with Crippen LogP contribution in [0.4, 0.5) is 0 Å². The van der Waals surface area contributed by atoms with Crippen molar-refractivity contribution in [3.8, 4) is 0 Å². The fourth-order valence-corrected chi connectivity index (χ4v) is 3.50. The number of hydrogen-bond donors (Lipinski definition) is 3. The Hall–Kier alpha value is -3.92. The van der Waals surface area contributed by atoms with E-state index in [0.717, 1.165) is 10.6 Å². The Morgan fingerprint density at radius 2 is 1.53 bits per heavy atom. The van der Waals surface area contributed by atoms with Crippen molar-refractivity contribution in [2.75, 3.05) is 13.2 Å². The van der Waals surface area contributed by atoms with Gasteiger partial charge in [0.05, 0.1) is 12.5 Å². The van der Waals surface area contributed by atoms with Crippen LogP contribution >= 0.6 is 11.6 Å². The number of hydrazine groups is 2. The molecule has 1 atom stereocenters. The normalized spacial score (nSPS) is 15.3. The second-order valence-electron chi connectivity index (χ2n) is 9.29. The number of ether oxygens (including phenoxy) is 1. The smallest absolute Gasteiger partial charge is 0.311 e. The van der Waals surface area contributed by atoms with Crippen LogP contribution in [0.3, 0.4) is 0 Å². The summed E-state index contributed by atoms with van der Waals surface area (Å²) in [5.74, 6) is -3.89. The molecule has 1 heterocycles. The van der Waals surface area contributed by atoms with E-state index in [1.165, 1.54) is 24.3 Å². The highest BCUT2D eigenvalue weighted by Gasteiger charge is 2.36. The maximum atomic E-state index is 12.5. The van der Waals surface area contributed by atoms with Crippen molar-refractivity contribution in [2.45, 2.75) is 32.6 Å². The third kappa shape index (κ3) is 7.05. The number of rotatable bonds is 6. The lowest BCUT2D eigenvalue weighted by atomic mass is 9.87. The minimum absolute atomic E-state index is 0.0628. The lowest BCUT2D eigenvalue weighted by molar-refractivity contribution is -0.152. The van der Waals surface area contributed by atoms with E-state index in [-0.39, 0.29) is 23.9 Å². The van der Waals surface area contributed by atoms with E-state index in [2.05, 4.69) is 37.0 Å². The molecule has 0 radical (unpaired) electrons. The highest BCUT2D eigenvalue weighted by Crippen LogP contribution is 2.22. The van der Waals surface area contributed by atoms with Gasteiger partial charge in [-0.1, -0.05) is 44.5 Å². The fourth-order valence-electron chi connectivity index (χ4n) is 3.37. The van der Waals surface area contributed by atoms with E-state index >= 15 is 0 Å². The van der Waals surface area contributed by atoms with Crippen LogP contribution in [0, 0.1) is 5.92 Å². The van der Waals surface area contributed by atoms with Crippen LogP contribution < -0.4 is 16.3 Å². The third-order valence-corrected chi connectivity index (χ3v) is 5.73. The number of carbonyl (C=O) groups is 5. The Balaban J connectivity index is 1.43. The molecule has 1 aliphatic rings. The number of carbonyl (C=O) groups excluding carboxylic acids is 5. The second kappa shape index (κ2) is 11.2. The van der Waals surface area contributed by atoms with Crippen molar-refractivity contribution < 1.29 is 28.7 Å². The number of amides is 4. The maximum Gasteiger partial charge on any atom is 0.311 e. The maximum absolute atomic E-state index is 12.5. The molecule has 0 aliphatic carbocycles. The zero-order valence-corrected chi connectivity index (χ0v) is 20.8. The fraction of sp³-hybridized carbons (Fsp3) is 0.320. The summed E-state index contributed by atoms with van der Waals surface area (Å²) in [6.45, 7) is 5.44. The van der Waals surface area contributed by atoms with Gasteiger partial charge in [0.15, 0.2) is 6.61 Å². The highest BCUT2D eigenvalue weighted by atomic mass is 35.5. The van der Waals surface area contributed by atoms with E-state index in [1.54, 1.807) is 12.1 Å². The molecule has 4 amide bonds. The Morgan fingerprint density at radius 1 is 0.944 bits per heavy atom. The summed E-state index contributed by atoms with van der Waals surface area (Å²) in [6.07, 6.45) is -0.170. The lowest BCUT2D eigenvalue weighted by Gasteiger charge is -2.20. The van der Waals surface area contributed by atoms with Crippen LogP contribution in [0.15, 0.2) is 48.5 Å². The average molecular weight is 515 g/mol. The second-order valence-corrected chi connectivity index (χ2v) is 9.73. The van der Waals surface area contributed by atoms with Crippen molar-refractivity contribution >= 4 is 41.2 Å². The summed E-state index contributed by atoms with van der Waals surface area (Å²) in [4.78, 5) is 61.0. The zero-order chi connectivity index (χ0) is 26.5. The van der Waals surface area contributed by atoms with Crippen molar-refractivity contribution in [1.29, 1.82) is 0 Å². The summed E-state index contributed by atoms with van der Waals surface area (Å²) in [5, 5.41) is 1.53. The molecule has 2 aromatic carbocycles. The van der Waals surface area contributed by atoms with Gasteiger partial charge in [-0.05, 0) is 47.4 Å². The Bertz CT molecular complexity index is 1160. The predicted molar refractivity (Wildman–Crippen MR) is 130 cm³/mol. The van der Waals surface area contributed by atoms with Crippen LogP contribution in [0.25, 0.3) is 0 Å². The van der Waals surface area contributed by atoms with Crippen LogP contribution in [0.2, 0.25) is 5.02 Å². The van der Waals surface area contributed by atoms with Gasteiger partial charge in [0.1, 0.15) is 0 Å². The van der Waals surface area contributed by atoms with Gasteiger partial charge < -0.3 is 4.74 Å². The van der Waals surface area contributed by atoms with E-state index in [9.17, 15) is 24.0 Å². The Kier molecular flexibility index (Phi) is 8.31. The molecule has 3 N–H and O–H groups in total. The number of nitrogens with zero attached hydrogens (tertiary/aromatic N) is 1. The van der Waals surface area contributed by atoms with E-state index in [0.29, 0.717) is 10.6 Å². The van der Waals surface area contributed by atoms with E-state index < -0.39 is 42.1 Å². The predicted octanol–water partition coefficient (Wildman–Crippen LogP) is 2.14. The molecule has 3 rings (SSSR count). The standard InChI is InChI=1S/C25H27ClN4O6/c1-25(2,3)18-8-4-16(5-9-18)23(34)29-30-13-17(12-21(30)32)24(35)36-14-20(31)27-28-22(33)15-6-10-19(26)11-7-15/h4-11,17H,12-14H2,1-3H3,(H,27,31)(H,28,33)(H,29,34)/t17-/m1/s1. The van der Waals surface area contributed by atoms with Gasteiger partial charge in [0.25, 0.3) is 17.7 Å². The molecule has 36 heavy (non-hydrogen) atoms. The molecule has 0 spiro atoms. The summed E-state index contributed by atoms with van der Waals surface area (Å²) in [6, 6.07) is 13.1. The van der Waals surface area contributed by atoms with Crippen molar-refractivity contribution in [2.24, 2.45) is 5.92 Å². The average Bonchev–Trinajstić information content (AvgIpc) is 3.21. The monoisotopic (exact) mass is 514 g/mol. The summed E-state index contributed by atoms with van der Waals surface area (Å²) in [5.41, 5.74) is 8.48. The van der Waals surface area contributed by atoms with Crippen molar-refractivity contribution in [1.82, 2.24) is 21.3 Å². The summed E-state index contributed by atoms with van der Waals surface area (Å²) in [7, 11) is 0. The highest BCUT2D eigenvalue weighted by molar-refractivity contribution is 6.30. The van der Waals surface area contributed by atoms with E-state index in [1.807, 2.05) is 12.1 Å². The van der Waals surface area contributed by atoms with E-state index in [4.69, 9.17) is 16.3 Å². The molecule has 0 saturated carbocycles. The molecule has 190 valence electrons. The number of benzene rings is 2. The minimum atomic E-state index is -0.850. The van der Waals surface area contributed by atoms with Crippen LogP contribution in [0.5, 0.6) is 0 Å². The Morgan fingerprint density at radius 3 is 2.14 bits per heavy atom. The van der Waals surface area contributed by atoms with Gasteiger partial charge in [-0.15, -0.1) is 0 Å².